The first-order chi connectivity index (χ1) is 10.1. The fourth-order valence-corrected chi connectivity index (χ4v) is 3.74. The molecule has 114 valence electrons. The summed E-state index contributed by atoms with van der Waals surface area (Å²) in [5, 5.41) is 4.57. The van der Waals surface area contributed by atoms with Crippen molar-refractivity contribution in [2.45, 2.75) is 39.7 Å². The monoisotopic (exact) mass is 370 g/mol. The average Bonchev–Trinajstić information content (AvgIpc) is 2.84. The third-order valence-electron chi connectivity index (χ3n) is 3.37. The first-order valence-corrected chi connectivity index (χ1v) is 8.82. The lowest BCUT2D eigenvalue weighted by Crippen LogP contribution is -2.23. The Morgan fingerprint density at radius 3 is 2.71 bits per heavy atom. The van der Waals surface area contributed by atoms with Crippen LogP contribution in [-0.2, 0) is 6.42 Å². The first kappa shape index (κ1) is 16.6. The van der Waals surface area contributed by atoms with Gasteiger partial charge in [-0.25, -0.2) is 9.37 Å². The molecule has 2 aromatic rings. The normalized spacial score (nSPS) is 12.6. The minimum Gasteiger partial charge on any atom is -0.304 e. The molecule has 0 aliphatic carbocycles. The minimum absolute atomic E-state index is 0.0193. The number of benzene rings is 1. The summed E-state index contributed by atoms with van der Waals surface area (Å²) in [6.45, 7) is 7.27. The molecule has 0 saturated heterocycles. The van der Waals surface area contributed by atoms with Gasteiger partial charge in [-0.1, -0.05) is 19.9 Å². The Balaban J connectivity index is 2.38. The molecule has 1 unspecified atom stereocenters. The van der Waals surface area contributed by atoms with Gasteiger partial charge in [-0.15, -0.1) is 11.3 Å². The Morgan fingerprint density at radius 2 is 2.14 bits per heavy atom. The van der Waals surface area contributed by atoms with Crippen LogP contribution in [0.15, 0.2) is 22.7 Å². The van der Waals surface area contributed by atoms with E-state index in [0.717, 1.165) is 35.7 Å². The smallest absolute Gasteiger partial charge is 0.137 e. The van der Waals surface area contributed by atoms with Crippen molar-refractivity contribution in [2.24, 2.45) is 0 Å². The molecule has 0 fully saturated rings. The van der Waals surface area contributed by atoms with Crippen LogP contribution in [0, 0.1) is 12.7 Å². The van der Waals surface area contributed by atoms with Crippen molar-refractivity contribution < 1.29 is 4.39 Å². The van der Waals surface area contributed by atoms with Crippen LogP contribution in [0.2, 0.25) is 0 Å². The molecular formula is C16H20BrFN2S. The molecule has 2 nitrogen and oxygen atoms in total. The lowest BCUT2D eigenvalue weighted by molar-refractivity contribution is 0.588. The highest BCUT2D eigenvalue weighted by molar-refractivity contribution is 9.10. The Bertz CT molecular complexity index is 612. The predicted molar refractivity (Wildman–Crippen MR) is 90.5 cm³/mol. The number of nitrogens with zero attached hydrogens (tertiary/aromatic N) is 1. The van der Waals surface area contributed by atoms with E-state index in [1.54, 1.807) is 11.3 Å². The second kappa shape index (κ2) is 7.47. The molecule has 0 aliphatic heterocycles. The van der Waals surface area contributed by atoms with E-state index in [4.69, 9.17) is 4.98 Å². The Hall–Kier alpha value is -0.780. The van der Waals surface area contributed by atoms with E-state index in [2.05, 4.69) is 42.0 Å². The molecule has 2 rings (SSSR count). The third kappa shape index (κ3) is 3.90. The van der Waals surface area contributed by atoms with E-state index >= 15 is 0 Å². The quantitative estimate of drug-likeness (QED) is 0.773. The van der Waals surface area contributed by atoms with Gasteiger partial charge in [0.15, 0.2) is 0 Å². The van der Waals surface area contributed by atoms with Crippen LogP contribution in [0.5, 0.6) is 0 Å². The molecular weight excluding hydrogens is 351 g/mol. The SMILES string of the molecule is CCCNC(c1ccc(F)c(Br)c1)c1nc(CC)c(C)s1. The summed E-state index contributed by atoms with van der Waals surface area (Å²) in [6.07, 6.45) is 1.99. The van der Waals surface area contributed by atoms with E-state index in [1.807, 2.05) is 12.1 Å². The van der Waals surface area contributed by atoms with Crippen LogP contribution >= 0.6 is 27.3 Å². The van der Waals surface area contributed by atoms with E-state index in [1.165, 1.54) is 10.9 Å². The fourth-order valence-electron chi connectivity index (χ4n) is 2.23. The van der Waals surface area contributed by atoms with Gasteiger partial charge in [0, 0.05) is 4.88 Å². The zero-order valence-corrected chi connectivity index (χ0v) is 14.9. The summed E-state index contributed by atoms with van der Waals surface area (Å²) in [6, 6.07) is 5.19. The van der Waals surface area contributed by atoms with Crippen LogP contribution in [0.1, 0.15) is 47.5 Å². The molecule has 0 aliphatic rings. The van der Waals surface area contributed by atoms with Gasteiger partial charge in [-0.2, -0.15) is 0 Å². The van der Waals surface area contributed by atoms with Crippen LogP contribution in [-0.4, -0.2) is 11.5 Å². The molecule has 1 aromatic carbocycles. The van der Waals surface area contributed by atoms with E-state index in [0.29, 0.717) is 4.47 Å². The summed E-state index contributed by atoms with van der Waals surface area (Å²) in [5.74, 6) is -0.238. The molecule has 0 saturated carbocycles. The van der Waals surface area contributed by atoms with Crippen molar-refractivity contribution in [3.8, 4) is 0 Å². The highest BCUT2D eigenvalue weighted by Gasteiger charge is 2.19. The van der Waals surface area contributed by atoms with E-state index < -0.39 is 0 Å². The Labute approximate surface area is 137 Å². The summed E-state index contributed by atoms with van der Waals surface area (Å²) in [4.78, 5) is 6.02. The maximum absolute atomic E-state index is 13.5. The second-order valence-electron chi connectivity index (χ2n) is 4.97. The second-order valence-corrected chi connectivity index (χ2v) is 7.06. The highest BCUT2D eigenvalue weighted by atomic mass is 79.9. The third-order valence-corrected chi connectivity index (χ3v) is 5.05. The van der Waals surface area contributed by atoms with Gasteiger partial charge in [0.1, 0.15) is 10.8 Å². The van der Waals surface area contributed by atoms with Gasteiger partial charge >= 0.3 is 0 Å². The van der Waals surface area contributed by atoms with Crippen molar-refractivity contribution in [3.63, 3.8) is 0 Å². The van der Waals surface area contributed by atoms with Gasteiger partial charge in [0.2, 0.25) is 0 Å². The minimum atomic E-state index is -0.238. The predicted octanol–water partition coefficient (Wildman–Crippen LogP) is 5.00. The molecule has 1 N–H and O–H groups in total. The zero-order valence-electron chi connectivity index (χ0n) is 12.5. The van der Waals surface area contributed by atoms with Crippen LogP contribution < -0.4 is 5.32 Å². The highest BCUT2D eigenvalue weighted by Crippen LogP contribution is 2.30. The number of thiazole rings is 1. The molecule has 0 amide bonds. The standard InChI is InChI=1S/C16H20BrFN2S/c1-4-8-19-15(11-6-7-13(18)12(17)9-11)16-20-14(5-2)10(3)21-16/h6-7,9,15,19H,4-5,8H2,1-3H3. The summed E-state index contributed by atoms with van der Waals surface area (Å²) < 4.78 is 14.0. The molecule has 1 atom stereocenters. The van der Waals surface area contributed by atoms with E-state index in [9.17, 15) is 4.39 Å². The lowest BCUT2D eigenvalue weighted by Gasteiger charge is -2.17. The lowest BCUT2D eigenvalue weighted by atomic mass is 10.1. The number of halogens is 2. The van der Waals surface area contributed by atoms with Gasteiger partial charge in [-0.3, -0.25) is 0 Å². The number of aromatic nitrogens is 1. The number of hydrogen-bond donors (Lipinski definition) is 1. The van der Waals surface area contributed by atoms with Crippen molar-refractivity contribution in [1.29, 1.82) is 0 Å². The maximum atomic E-state index is 13.5. The topological polar surface area (TPSA) is 24.9 Å². The van der Waals surface area contributed by atoms with Crippen molar-refractivity contribution >= 4 is 27.3 Å². The van der Waals surface area contributed by atoms with Gasteiger partial charge < -0.3 is 5.32 Å². The molecule has 0 bridgehead atoms. The van der Waals surface area contributed by atoms with Crippen LogP contribution in [0.4, 0.5) is 4.39 Å². The molecule has 1 heterocycles. The van der Waals surface area contributed by atoms with Crippen LogP contribution in [0.25, 0.3) is 0 Å². The largest absolute Gasteiger partial charge is 0.304 e. The molecule has 0 radical (unpaired) electrons. The molecule has 5 heteroatoms. The number of rotatable bonds is 6. The van der Waals surface area contributed by atoms with Crippen molar-refractivity contribution in [2.75, 3.05) is 6.54 Å². The van der Waals surface area contributed by atoms with E-state index in [-0.39, 0.29) is 11.9 Å². The molecule has 21 heavy (non-hydrogen) atoms. The fraction of sp³-hybridized carbons (Fsp3) is 0.438. The molecule has 1 aromatic heterocycles. The summed E-state index contributed by atoms with van der Waals surface area (Å²) in [5.41, 5.74) is 2.19. The maximum Gasteiger partial charge on any atom is 0.137 e. The number of nitrogens with one attached hydrogen (secondary N) is 1. The Morgan fingerprint density at radius 1 is 1.38 bits per heavy atom. The summed E-state index contributed by atoms with van der Waals surface area (Å²) in [7, 11) is 0. The Kier molecular flexibility index (Phi) is 5.90. The van der Waals surface area contributed by atoms with Gasteiger partial charge in [0.25, 0.3) is 0 Å². The first-order valence-electron chi connectivity index (χ1n) is 7.21. The van der Waals surface area contributed by atoms with Gasteiger partial charge in [-0.05, 0) is 59.9 Å². The molecule has 0 spiro atoms. The number of hydrogen-bond acceptors (Lipinski definition) is 3. The average molecular weight is 371 g/mol. The van der Waals surface area contributed by atoms with Crippen LogP contribution in [0.3, 0.4) is 0 Å². The summed E-state index contributed by atoms with van der Waals surface area (Å²) >= 11 is 4.99. The zero-order chi connectivity index (χ0) is 15.4. The van der Waals surface area contributed by atoms with Crippen molar-refractivity contribution in [3.05, 3.63) is 49.6 Å². The number of aryl methyl sites for hydroxylation is 2. The van der Waals surface area contributed by atoms with Gasteiger partial charge in [0.05, 0.1) is 16.2 Å². The van der Waals surface area contributed by atoms with Crippen molar-refractivity contribution in [1.82, 2.24) is 10.3 Å².